The Labute approximate surface area is 152 Å². The number of alkyl halides is 4. The van der Waals surface area contributed by atoms with E-state index in [1.807, 2.05) is 0 Å². The third-order valence-corrected chi connectivity index (χ3v) is 6.08. The van der Waals surface area contributed by atoms with Crippen LogP contribution in [-0.4, -0.2) is 24.7 Å². The fraction of sp³-hybridized carbons (Fsp3) is 0.158. The minimum absolute atomic E-state index is 0.125. The van der Waals surface area contributed by atoms with Crippen LogP contribution in [0.1, 0.15) is 11.7 Å². The second-order valence-electron chi connectivity index (χ2n) is 5.93. The number of aliphatic hydroxyl groups excluding tert-OH is 1. The Bertz CT molecular complexity index is 1060. The van der Waals surface area contributed by atoms with Gasteiger partial charge >= 0.3 is 11.2 Å². The monoisotopic (exact) mass is 398 g/mol. The van der Waals surface area contributed by atoms with E-state index in [-0.39, 0.29) is 5.39 Å². The van der Waals surface area contributed by atoms with Gasteiger partial charge in [-0.25, -0.2) is 8.42 Å². The van der Waals surface area contributed by atoms with Crippen molar-refractivity contribution in [2.24, 2.45) is 0 Å². The van der Waals surface area contributed by atoms with Crippen molar-refractivity contribution in [3.05, 3.63) is 78.4 Å². The molecule has 0 aliphatic rings. The van der Waals surface area contributed by atoms with E-state index >= 15 is 0 Å². The Morgan fingerprint density at radius 3 is 2.00 bits per heavy atom. The molecule has 0 aromatic heterocycles. The molecule has 0 aliphatic heterocycles. The normalized spacial score (nSPS) is 14.3. The Kier molecular flexibility index (Phi) is 4.73. The Hall–Kier alpha value is -2.45. The lowest BCUT2D eigenvalue weighted by Crippen LogP contribution is -2.50. The molecule has 0 spiro atoms. The molecule has 0 saturated carbocycles. The van der Waals surface area contributed by atoms with Crippen molar-refractivity contribution in [3.8, 4) is 0 Å². The SMILES string of the molecule is O=S(=O)(c1ccccc1)C(F)(F)C(F)(F)C(O)c1cccc2ccccc12. The minimum Gasteiger partial charge on any atom is -0.382 e. The largest absolute Gasteiger partial charge is 0.414 e. The lowest BCUT2D eigenvalue weighted by molar-refractivity contribution is -0.214. The van der Waals surface area contributed by atoms with E-state index in [1.165, 1.54) is 24.3 Å². The topological polar surface area (TPSA) is 54.4 Å². The van der Waals surface area contributed by atoms with Crippen LogP contribution >= 0.6 is 0 Å². The average Bonchev–Trinajstić information content (AvgIpc) is 2.67. The van der Waals surface area contributed by atoms with Crippen molar-refractivity contribution in [2.75, 3.05) is 0 Å². The minimum atomic E-state index is -5.75. The highest BCUT2D eigenvalue weighted by atomic mass is 32.2. The molecule has 27 heavy (non-hydrogen) atoms. The van der Waals surface area contributed by atoms with Crippen molar-refractivity contribution < 1.29 is 31.1 Å². The summed E-state index contributed by atoms with van der Waals surface area (Å²) in [5.41, 5.74) is -0.485. The van der Waals surface area contributed by atoms with E-state index in [4.69, 9.17) is 0 Å². The van der Waals surface area contributed by atoms with Crippen molar-refractivity contribution in [2.45, 2.75) is 22.2 Å². The molecule has 8 heteroatoms. The molecule has 0 bridgehead atoms. The van der Waals surface area contributed by atoms with Crippen LogP contribution < -0.4 is 0 Å². The van der Waals surface area contributed by atoms with Gasteiger partial charge < -0.3 is 5.11 Å². The number of hydrogen-bond acceptors (Lipinski definition) is 3. The van der Waals surface area contributed by atoms with Crippen molar-refractivity contribution in [1.29, 1.82) is 0 Å². The second kappa shape index (κ2) is 6.61. The van der Waals surface area contributed by atoms with Gasteiger partial charge in [0.1, 0.15) is 0 Å². The average molecular weight is 398 g/mol. The molecule has 1 atom stereocenters. The first-order valence-electron chi connectivity index (χ1n) is 7.82. The Balaban J connectivity index is 2.11. The summed E-state index contributed by atoms with van der Waals surface area (Å²) in [6.45, 7) is 0. The molecule has 0 saturated heterocycles. The standard InChI is InChI=1S/C19H14F4O3S/c20-18(21,19(22,23)27(25,26)14-9-2-1-3-10-14)17(24)16-12-6-8-13-7-4-5-11-15(13)16/h1-12,17,24H. The van der Waals surface area contributed by atoms with E-state index in [1.54, 1.807) is 18.2 Å². The zero-order chi connectivity index (χ0) is 19.9. The smallest absolute Gasteiger partial charge is 0.382 e. The highest BCUT2D eigenvalue weighted by Gasteiger charge is 2.69. The van der Waals surface area contributed by atoms with E-state index in [0.717, 1.165) is 30.3 Å². The van der Waals surface area contributed by atoms with E-state index in [0.29, 0.717) is 5.39 Å². The summed E-state index contributed by atoms with van der Waals surface area (Å²) in [4.78, 5) is -0.959. The zero-order valence-corrected chi connectivity index (χ0v) is 14.5. The van der Waals surface area contributed by atoms with Crippen LogP contribution in [0.4, 0.5) is 17.6 Å². The number of halogens is 4. The van der Waals surface area contributed by atoms with E-state index in [9.17, 15) is 31.1 Å². The van der Waals surface area contributed by atoms with Gasteiger partial charge in [-0.2, -0.15) is 17.6 Å². The van der Waals surface area contributed by atoms with Crippen LogP contribution in [0, 0.1) is 0 Å². The van der Waals surface area contributed by atoms with Crippen LogP contribution in [0.25, 0.3) is 10.8 Å². The summed E-state index contributed by atoms with van der Waals surface area (Å²) in [6, 6.07) is 15.2. The number of rotatable bonds is 5. The van der Waals surface area contributed by atoms with Gasteiger partial charge in [0.05, 0.1) is 4.90 Å². The number of benzene rings is 3. The molecular weight excluding hydrogens is 384 g/mol. The van der Waals surface area contributed by atoms with Gasteiger partial charge in [0.2, 0.25) is 9.84 Å². The maximum absolute atomic E-state index is 14.6. The van der Waals surface area contributed by atoms with Gasteiger partial charge in [-0.15, -0.1) is 0 Å². The summed E-state index contributed by atoms with van der Waals surface area (Å²) < 4.78 is 82.5. The quantitative estimate of drug-likeness (QED) is 0.641. The Morgan fingerprint density at radius 1 is 0.778 bits per heavy atom. The summed E-state index contributed by atoms with van der Waals surface area (Å²) >= 11 is 0. The molecule has 0 radical (unpaired) electrons. The molecular formula is C19H14F4O3S. The molecule has 1 unspecified atom stereocenters. The van der Waals surface area contributed by atoms with Gasteiger partial charge in [0.25, 0.3) is 0 Å². The van der Waals surface area contributed by atoms with E-state index < -0.39 is 37.6 Å². The first-order valence-corrected chi connectivity index (χ1v) is 9.30. The molecule has 3 rings (SSSR count). The number of sulfone groups is 1. The van der Waals surface area contributed by atoms with Gasteiger partial charge in [0, 0.05) is 0 Å². The molecule has 1 N–H and O–H groups in total. The summed E-state index contributed by atoms with van der Waals surface area (Å²) in [5, 5.41) is 5.14. The van der Waals surface area contributed by atoms with Crippen LogP contribution in [0.5, 0.6) is 0 Å². The van der Waals surface area contributed by atoms with Crippen LogP contribution in [0.15, 0.2) is 77.7 Å². The fourth-order valence-electron chi connectivity index (χ4n) is 2.77. The molecule has 0 heterocycles. The first-order chi connectivity index (χ1) is 12.6. The van der Waals surface area contributed by atoms with Gasteiger partial charge in [0.15, 0.2) is 6.10 Å². The first kappa shape index (κ1) is 19.3. The second-order valence-corrected chi connectivity index (χ2v) is 7.92. The third-order valence-electron chi connectivity index (χ3n) is 4.24. The maximum atomic E-state index is 14.6. The van der Waals surface area contributed by atoms with Crippen LogP contribution in [0.3, 0.4) is 0 Å². The number of aliphatic hydroxyl groups is 1. The zero-order valence-electron chi connectivity index (χ0n) is 13.7. The van der Waals surface area contributed by atoms with Gasteiger partial charge in [-0.1, -0.05) is 60.7 Å². The number of fused-ring (bicyclic) bond motifs is 1. The number of hydrogen-bond donors (Lipinski definition) is 1. The molecule has 0 aliphatic carbocycles. The lowest BCUT2D eigenvalue weighted by Gasteiger charge is -2.30. The molecule has 3 aromatic carbocycles. The highest BCUT2D eigenvalue weighted by molar-refractivity contribution is 7.92. The van der Waals surface area contributed by atoms with Crippen molar-refractivity contribution in [3.63, 3.8) is 0 Å². The maximum Gasteiger partial charge on any atom is 0.414 e. The van der Waals surface area contributed by atoms with Gasteiger partial charge in [-0.05, 0) is 28.5 Å². The Morgan fingerprint density at radius 2 is 1.33 bits per heavy atom. The van der Waals surface area contributed by atoms with Crippen LogP contribution in [-0.2, 0) is 9.84 Å². The molecule has 0 amide bonds. The highest BCUT2D eigenvalue weighted by Crippen LogP contribution is 2.49. The summed E-state index contributed by atoms with van der Waals surface area (Å²) in [5.74, 6) is -5.27. The predicted octanol–water partition coefficient (Wildman–Crippen LogP) is 4.58. The summed E-state index contributed by atoms with van der Waals surface area (Å²) in [6.07, 6.45) is -3.03. The lowest BCUT2D eigenvalue weighted by atomic mass is 9.97. The predicted molar refractivity (Wildman–Crippen MR) is 92.4 cm³/mol. The molecule has 142 valence electrons. The molecule has 0 fully saturated rings. The van der Waals surface area contributed by atoms with E-state index in [2.05, 4.69) is 0 Å². The third kappa shape index (κ3) is 2.98. The molecule has 3 nitrogen and oxygen atoms in total. The summed E-state index contributed by atoms with van der Waals surface area (Å²) in [7, 11) is -5.75. The van der Waals surface area contributed by atoms with Crippen molar-refractivity contribution >= 4 is 20.6 Å². The fourth-order valence-corrected chi connectivity index (χ4v) is 4.05. The van der Waals surface area contributed by atoms with Gasteiger partial charge in [-0.3, -0.25) is 0 Å². The molecule has 3 aromatic rings. The van der Waals surface area contributed by atoms with Crippen LogP contribution in [0.2, 0.25) is 0 Å². The van der Waals surface area contributed by atoms with Crippen molar-refractivity contribution in [1.82, 2.24) is 0 Å².